The number of fused-ring (bicyclic) bond motifs is 1. The Morgan fingerprint density at radius 1 is 0.944 bits per heavy atom. The minimum Gasteiger partial charge on any atom is -0.463 e. The van der Waals surface area contributed by atoms with Crippen LogP contribution in [0.15, 0.2) is 47.1 Å². The van der Waals surface area contributed by atoms with Crippen LogP contribution in [0.25, 0.3) is 22.5 Å². The molecular formula is C15H14N2O. The minimum atomic E-state index is 0.308. The van der Waals surface area contributed by atoms with Crippen molar-refractivity contribution < 1.29 is 4.42 Å². The first-order chi connectivity index (χ1) is 8.75. The Hall–Kier alpha value is -2.16. The SMILES string of the molecule is CC(C)c1nc2ccccc2nc1-c1ccco1. The van der Waals surface area contributed by atoms with Crippen molar-refractivity contribution >= 4 is 11.0 Å². The average Bonchev–Trinajstić information content (AvgIpc) is 2.91. The van der Waals surface area contributed by atoms with Crippen molar-refractivity contribution in [3.05, 3.63) is 48.4 Å². The predicted octanol–water partition coefficient (Wildman–Crippen LogP) is 4.01. The third-order valence-electron chi connectivity index (χ3n) is 2.90. The van der Waals surface area contributed by atoms with Gasteiger partial charge in [-0.15, -0.1) is 0 Å². The monoisotopic (exact) mass is 238 g/mol. The summed E-state index contributed by atoms with van der Waals surface area (Å²) in [6.07, 6.45) is 1.66. The highest BCUT2D eigenvalue weighted by molar-refractivity contribution is 5.77. The van der Waals surface area contributed by atoms with Gasteiger partial charge in [0.1, 0.15) is 5.69 Å². The fourth-order valence-electron chi connectivity index (χ4n) is 2.01. The number of furan rings is 1. The molecule has 90 valence electrons. The summed E-state index contributed by atoms with van der Waals surface area (Å²) in [5, 5.41) is 0. The van der Waals surface area contributed by atoms with Crippen molar-refractivity contribution in [2.24, 2.45) is 0 Å². The van der Waals surface area contributed by atoms with Crippen LogP contribution in [0.3, 0.4) is 0 Å². The van der Waals surface area contributed by atoms with E-state index in [1.54, 1.807) is 6.26 Å². The molecule has 0 aliphatic heterocycles. The molecular weight excluding hydrogens is 224 g/mol. The van der Waals surface area contributed by atoms with Crippen LogP contribution in [-0.4, -0.2) is 9.97 Å². The summed E-state index contributed by atoms with van der Waals surface area (Å²) in [5.74, 6) is 1.08. The summed E-state index contributed by atoms with van der Waals surface area (Å²) in [5.41, 5.74) is 3.64. The van der Waals surface area contributed by atoms with Gasteiger partial charge >= 0.3 is 0 Å². The van der Waals surface area contributed by atoms with Crippen molar-refractivity contribution in [3.63, 3.8) is 0 Å². The first-order valence-electron chi connectivity index (χ1n) is 6.06. The van der Waals surface area contributed by atoms with Crippen LogP contribution in [-0.2, 0) is 0 Å². The van der Waals surface area contributed by atoms with Crippen LogP contribution in [0.5, 0.6) is 0 Å². The first-order valence-corrected chi connectivity index (χ1v) is 6.06. The maximum Gasteiger partial charge on any atom is 0.154 e. The maximum atomic E-state index is 5.46. The number of hydrogen-bond donors (Lipinski definition) is 0. The highest BCUT2D eigenvalue weighted by Gasteiger charge is 2.15. The van der Waals surface area contributed by atoms with Crippen LogP contribution in [0.4, 0.5) is 0 Å². The van der Waals surface area contributed by atoms with Gasteiger partial charge < -0.3 is 4.42 Å². The number of hydrogen-bond acceptors (Lipinski definition) is 3. The quantitative estimate of drug-likeness (QED) is 0.677. The zero-order valence-electron chi connectivity index (χ0n) is 10.4. The van der Waals surface area contributed by atoms with E-state index in [9.17, 15) is 0 Å². The molecule has 3 nitrogen and oxygen atoms in total. The lowest BCUT2D eigenvalue weighted by atomic mass is 10.1. The third kappa shape index (κ3) is 1.78. The third-order valence-corrected chi connectivity index (χ3v) is 2.90. The molecule has 2 heterocycles. The van der Waals surface area contributed by atoms with Crippen LogP contribution >= 0.6 is 0 Å². The Balaban J connectivity index is 2.31. The van der Waals surface area contributed by atoms with Gasteiger partial charge in [0.05, 0.1) is 23.0 Å². The Labute approximate surface area is 105 Å². The van der Waals surface area contributed by atoms with Gasteiger partial charge in [-0.05, 0) is 30.2 Å². The Bertz CT molecular complexity index is 672. The number of rotatable bonds is 2. The molecule has 0 unspecified atom stereocenters. The minimum absolute atomic E-state index is 0.308. The molecule has 0 atom stereocenters. The van der Waals surface area contributed by atoms with E-state index >= 15 is 0 Å². The van der Waals surface area contributed by atoms with Gasteiger partial charge in [-0.1, -0.05) is 26.0 Å². The van der Waals surface area contributed by atoms with Crippen molar-refractivity contribution in [3.8, 4) is 11.5 Å². The molecule has 0 saturated carbocycles. The summed E-state index contributed by atoms with van der Waals surface area (Å²) >= 11 is 0. The molecule has 1 aromatic carbocycles. The second kappa shape index (κ2) is 4.26. The summed E-state index contributed by atoms with van der Waals surface area (Å²) < 4.78 is 5.46. The van der Waals surface area contributed by atoms with E-state index in [4.69, 9.17) is 9.40 Å². The standard InChI is InChI=1S/C15H14N2O/c1-10(2)14-15(13-8-5-9-18-13)17-12-7-4-3-6-11(12)16-14/h3-10H,1-2H3. The lowest BCUT2D eigenvalue weighted by Gasteiger charge is -2.10. The smallest absolute Gasteiger partial charge is 0.154 e. The van der Waals surface area contributed by atoms with E-state index in [-0.39, 0.29) is 0 Å². The summed E-state index contributed by atoms with van der Waals surface area (Å²) in [6.45, 7) is 4.23. The molecule has 18 heavy (non-hydrogen) atoms. The second-order valence-electron chi connectivity index (χ2n) is 4.58. The van der Waals surface area contributed by atoms with Crippen LogP contribution in [0.1, 0.15) is 25.5 Å². The van der Waals surface area contributed by atoms with Gasteiger partial charge in [-0.25, -0.2) is 9.97 Å². The van der Waals surface area contributed by atoms with E-state index < -0.39 is 0 Å². The summed E-state index contributed by atoms with van der Waals surface area (Å²) in [4.78, 5) is 9.39. The zero-order valence-corrected chi connectivity index (χ0v) is 10.4. The molecule has 3 heteroatoms. The van der Waals surface area contributed by atoms with Gasteiger partial charge in [0.25, 0.3) is 0 Å². The number of aromatic nitrogens is 2. The molecule has 3 aromatic rings. The fourth-order valence-corrected chi connectivity index (χ4v) is 2.01. The molecule has 0 bridgehead atoms. The number of benzene rings is 1. The van der Waals surface area contributed by atoms with Crippen LogP contribution in [0, 0.1) is 0 Å². The highest BCUT2D eigenvalue weighted by Crippen LogP contribution is 2.28. The van der Waals surface area contributed by atoms with Gasteiger partial charge in [0.2, 0.25) is 0 Å². The zero-order chi connectivity index (χ0) is 12.5. The predicted molar refractivity (Wildman–Crippen MR) is 71.3 cm³/mol. The largest absolute Gasteiger partial charge is 0.463 e. The molecule has 0 radical (unpaired) electrons. The molecule has 0 fully saturated rings. The van der Waals surface area contributed by atoms with Crippen molar-refractivity contribution in [1.82, 2.24) is 9.97 Å². The molecule has 0 aliphatic rings. The normalized spacial score (nSPS) is 11.3. The van der Waals surface area contributed by atoms with Gasteiger partial charge in [0, 0.05) is 0 Å². The van der Waals surface area contributed by atoms with Crippen molar-refractivity contribution in [1.29, 1.82) is 0 Å². The summed E-state index contributed by atoms with van der Waals surface area (Å²) in [7, 11) is 0. The molecule has 0 N–H and O–H groups in total. The van der Waals surface area contributed by atoms with Gasteiger partial charge in [-0.2, -0.15) is 0 Å². The lowest BCUT2D eigenvalue weighted by molar-refractivity contribution is 0.578. The van der Waals surface area contributed by atoms with Gasteiger partial charge in [-0.3, -0.25) is 0 Å². The van der Waals surface area contributed by atoms with E-state index in [1.165, 1.54) is 0 Å². The average molecular weight is 238 g/mol. The molecule has 0 saturated heterocycles. The van der Waals surface area contributed by atoms with E-state index in [1.807, 2.05) is 36.4 Å². The second-order valence-corrected chi connectivity index (χ2v) is 4.58. The molecule has 2 aromatic heterocycles. The van der Waals surface area contributed by atoms with Crippen LogP contribution in [0.2, 0.25) is 0 Å². The van der Waals surface area contributed by atoms with E-state index in [0.717, 1.165) is 28.2 Å². The Kier molecular flexibility index (Phi) is 2.59. The van der Waals surface area contributed by atoms with Crippen molar-refractivity contribution in [2.45, 2.75) is 19.8 Å². The topological polar surface area (TPSA) is 38.9 Å². The number of nitrogens with zero attached hydrogens (tertiary/aromatic N) is 2. The molecule has 0 aliphatic carbocycles. The molecule has 0 amide bonds. The Morgan fingerprint density at radius 3 is 2.28 bits per heavy atom. The summed E-state index contributed by atoms with van der Waals surface area (Å²) in [6, 6.07) is 11.7. The van der Waals surface area contributed by atoms with E-state index in [0.29, 0.717) is 5.92 Å². The maximum absolute atomic E-state index is 5.46. The lowest BCUT2D eigenvalue weighted by Crippen LogP contribution is -2.00. The molecule has 0 spiro atoms. The first kappa shape index (κ1) is 11.0. The van der Waals surface area contributed by atoms with Crippen LogP contribution < -0.4 is 0 Å². The fraction of sp³-hybridized carbons (Fsp3) is 0.200. The van der Waals surface area contributed by atoms with E-state index in [2.05, 4.69) is 18.8 Å². The molecule has 3 rings (SSSR count). The highest BCUT2D eigenvalue weighted by atomic mass is 16.3. The number of para-hydroxylation sites is 2. The Morgan fingerprint density at radius 2 is 1.67 bits per heavy atom. The van der Waals surface area contributed by atoms with Crippen molar-refractivity contribution in [2.75, 3.05) is 0 Å². The van der Waals surface area contributed by atoms with Gasteiger partial charge in [0.15, 0.2) is 5.76 Å².